The number of rotatable bonds is 4. The molecule has 0 aliphatic carbocycles. The minimum absolute atomic E-state index is 0.353. The van der Waals surface area contributed by atoms with E-state index in [1.165, 1.54) is 36.4 Å². The molecule has 0 spiro atoms. The van der Waals surface area contributed by atoms with Crippen molar-refractivity contribution in [2.75, 3.05) is 0 Å². The van der Waals surface area contributed by atoms with Crippen LogP contribution in [-0.2, 0) is 9.84 Å². The van der Waals surface area contributed by atoms with E-state index in [0.29, 0.717) is 5.56 Å². The summed E-state index contributed by atoms with van der Waals surface area (Å²) in [5.74, 6) is -0.353. The van der Waals surface area contributed by atoms with Crippen molar-refractivity contribution < 1.29 is 12.8 Å². The Labute approximate surface area is 117 Å². The zero-order valence-electron chi connectivity index (χ0n) is 10.6. The first-order chi connectivity index (χ1) is 9.55. The van der Waals surface area contributed by atoms with Gasteiger partial charge in [0.1, 0.15) is 5.82 Å². The van der Waals surface area contributed by atoms with Crippen molar-refractivity contribution in [2.24, 2.45) is 0 Å². The van der Waals surface area contributed by atoms with Crippen molar-refractivity contribution >= 4 is 22.0 Å². The SMILES string of the molecule is O=S(=O)(/C=C/c1ccccc1)/C=C/c1ccc(F)cc1. The number of hydrogen-bond acceptors (Lipinski definition) is 2. The summed E-state index contributed by atoms with van der Waals surface area (Å²) in [7, 11) is -3.44. The standard InChI is InChI=1S/C16H13FO2S/c17-16-8-6-15(7-9-16)11-13-20(18,19)12-10-14-4-2-1-3-5-14/h1-13H/b12-10+,13-11+. The molecule has 0 N–H and O–H groups in total. The number of hydrogen-bond donors (Lipinski definition) is 0. The van der Waals surface area contributed by atoms with Crippen LogP contribution >= 0.6 is 0 Å². The van der Waals surface area contributed by atoms with E-state index in [1.54, 1.807) is 0 Å². The Kier molecular flexibility index (Phi) is 4.48. The first-order valence-corrected chi connectivity index (χ1v) is 7.58. The van der Waals surface area contributed by atoms with Gasteiger partial charge in [0.15, 0.2) is 9.84 Å². The van der Waals surface area contributed by atoms with Gasteiger partial charge in [0, 0.05) is 10.8 Å². The summed E-state index contributed by atoms with van der Waals surface area (Å²) in [6, 6.07) is 14.8. The molecule has 0 amide bonds. The number of sulfone groups is 1. The van der Waals surface area contributed by atoms with Crippen LogP contribution in [0.5, 0.6) is 0 Å². The van der Waals surface area contributed by atoms with Crippen LogP contribution in [0, 0.1) is 5.82 Å². The maximum Gasteiger partial charge on any atom is 0.193 e. The Morgan fingerprint density at radius 2 is 1.25 bits per heavy atom. The lowest BCUT2D eigenvalue weighted by atomic mass is 10.2. The van der Waals surface area contributed by atoms with Crippen molar-refractivity contribution in [3.8, 4) is 0 Å². The molecule has 0 heterocycles. The molecule has 0 saturated carbocycles. The highest BCUT2D eigenvalue weighted by molar-refractivity contribution is 7.97. The molecule has 2 aromatic carbocycles. The monoisotopic (exact) mass is 288 g/mol. The van der Waals surface area contributed by atoms with Gasteiger partial charge < -0.3 is 0 Å². The van der Waals surface area contributed by atoms with Crippen LogP contribution in [0.2, 0.25) is 0 Å². The second-order valence-corrected chi connectivity index (χ2v) is 5.88. The summed E-state index contributed by atoms with van der Waals surface area (Å²) < 4.78 is 36.3. The molecule has 0 atom stereocenters. The molecule has 20 heavy (non-hydrogen) atoms. The van der Waals surface area contributed by atoms with Crippen molar-refractivity contribution in [1.29, 1.82) is 0 Å². The first-order valence-electron chi connectivity index (χ1n) is 5.97. The summed E-state index contributed by atoms with van der Waals surface area (Å²) in [6.07, 6.45) is 2.97. The Bertz CT molecular complexity index is 715. The Hall–Kier alpha value is -2.20. The van der Waals surface area contributed by atoms with E-state index >= 15 is 0 Å². The van der Waals surface area contributed by atoms with Gasteiger partial charge >= 0.3 is 0 Å². The second-order valence-electron chi connectivity index (χ2n) is 4.16. The van der Waals surface area contributed by atoms with E-state index in [2.05, 4.69) is 0 Å². The zero-order chi connectivity index (χ0) is 14.4. The van der Waals surface area contributed by atoms with Gasteiger partial charge in [-0.2, -0.15) is 0 Å². The van der Waals surface area contributed by atoms with E-state index in [-0.39, 0.29) is 5.82 Å². The Morgan fingerprint density at radius 1 is 0.750 bits per heavy atom. The molecular formula is C16H13FO2S. The van der Waals surface area contributed by atoms with Gasteiger partial charge in [0.2, 0.25) is 0 Å². The molecule has 0 aliphatic rings. The van der Waals surface area contributed by atoms with Gasteiger partial charge in [0.25, 0.3) is 0 Å². The summed E-state index contributed by atoms with van der Waals surface area (Å²) >= 11 is 0. The van der Waals surface area contributed by atoms with Crippen molar-refractivity contribution in [2.45, 2.75) is 0 Å². The van der Waals surface area contributed by atoms with E-state index in [0.717, 1.165) is 16.4 Å². The topological polar surface area (TPSA) is 34.1 Å². The van der Waals surface area contributed by atoms with Crippen molar-refractivity contribution in [3.63, 3.8) is 0 Å². The fourth-order valence-corrected chi connectivity index (χ4v) is 2.31. The molecule has 0 aliphatic heterocycles. The predicted octanol–water partition coefficient (Wildman–Crippen LogP) is 3.88. The van der Waals surface area contributed by atoms with E-state index in [1.807, 2.05) is 30.3 Å². The minimum Gasteiger partial charge on any atom is -0.220 e. The molecule has 0 bridgehead atoms. The lowest BCUT2D eigenvalue weighted by molar-refractivity contribution is 0.613. The Morgan fingerprint density at radius 3 is 1.80 bits per heavy atom. The van der Waals surface area contributed by atoms with Crippen LogP contribution in [0.3, 0.4) is 0 Å². The smallest absolute Gasteiger partial charge is 0.193 e. The molecule has 0 radical (unpaired) electrons. The van der Waals surface area contributed by atoms with Gasteiger partial charge in [-0.15, -0.1) is 0 Å². The molecule has 0 aromatic heterocycles. The maximum atomic E-state index is 12.7. The van der Waals surface area contributed by atoms with Gasteiger partial charge in [-0.25, -0.2) is 12.8 Å². The third kappa shape index (κ3) is 4.48. The zero-order valence-corrected chi connectivity index (χ0v) is 11.4. The highest BCUT2D eigenvalue weighted by Gasteiger charge is 1.99. The van der Waals surface area contributed by atoms with Crippen molar-refractivity contribution in [3.05, 3.63) is 82.4 Å². The fourth-order valence-electron chi connectivity index (χ4n) is 1.53. The lowest BCUT2D eigenvalue weighted by Gasteiger charge is -1.94. The minimum atomic E-state index is -3.44. The second kappa shape index (κ2) is 6.30. The van der Waals surface area contributed by atoms with Gasteiger partial charge in [-0.3, -0.25) is 0 Å². The molecule has 102 valence electrons. The normalized spacial score (nSPS) is 12.2. The summed E-state index contributed by atoms with van der Waals surface area (Å²) in [5, 5.41) is 2.24. The predicted molar refractivity (Wildman–Crippen MR) is 79.8 cm³/mol. The third-order valence-electron chi connectivity index (χ3n) is 2.57. The Balaban J connectivity index is 2.11. The van der Waals surface area contributed by atoms with Gasteiger partial charge in [0.05, 0.1) is 0 Å². The van der Waals surface area contributed by atoms with E-state index in [9.17, 15) is 12.8 Å². The largest absolute Gasteiger partial charge is 0.220 e. The van der Waals surface area contributed by atoms with Crippen molar-refractivity contribution in [1.82, 2.24) is 0 Å². The number of halogens is 1. The summed E-state index contributed by atoms with van der Waals surface area (Å²) in [6.45, 7) is 0. The third-order valence-corrected chi connectivity index (χ3v) is 3.60. The molecule has 2 nitrogen and oxygen atoms in total. The lowest BCUT2D eigenvalue weighted by Crippen LogP contribution is -1.88. The van der Waals surface area contributed by atoms with E-state index < -0.39 is 9.84 Å². The van der Waals surface area contributed by atoms with Crippen LogP contribution in [0.1, 0.15) is 11.1 Å². The average molecular weight is 288 g/mol. The van der Waals surface area contributed by atoms with E-state index in [4.69, 9.17) is 0 Å². The molecule has 0 unspecified atom stereocenters. The molecule has 2 aromatic rings. The van der Waals surface area contributed by atoms with Crippen LogP contribution in [-0.4, -0.2) is 8.42 Å². The molecule has 4 heteroatoms. The fraction of sp³-hybridized carbons (Fsp3) is 0. The van der Waals surface area contributed by atoms with Gasteiger partial charge in [-0.05, 0) is 35.4 Å². The summed E-state index contributed by atoms with van der Waals surface area (Å²) in [5.41, 5.74) is 1.44. The quantitative estimate of drug-likeness (QED) is 0.855. The summed E-state index contributed by atoms with van der Waals surface area (Å²) in [4.78, 5) is 0. The number of benzene rings is 2. The van der Waals surface area contributed by atoms with Gasteiger partial charge in [-0.1, -0.05) is 42.5 Å². The molecule has 0 saturated heterocycles. The van der Waals surface area contributed by atoms with Crippen LogP contribution < -0.4 is 0 Å². The average Bonchev–Trinajstić information content (AvgIpc) is 2.46. The van der Waals surface area contributed by atoms with Crippen LogP contribution in [0.15, 0.2) is 65.4 Å². The maximum absolute atomic E-state index is 12.7. The highest BCUT2D eigenvalue weighted by atomic mass is 32.2. The molecule has 0 fully saturated rings. The molecule has 2 rings (SSSR count). The molecular weight excluding hydrogens is 275 g/mol. The van der Waals surface area contributed by atoms with Crippen LogP contribution in [0.25, 0.3) is 12.2 Å². The highest BCUT2D eigenvalue weighted by Crippen LogP contribution is 2.09. The first kappa shape index (κ1) is 14.2. The van der Waals surface area contributed by atoms with Crippen LogP contribution in [0.4, 0.5) is 4.39 Å².